The Hall–Kier alpha value is -2.24. The molecule has 1 aromatic heterocycles. The Labute approximate surface area is 189 Å². The maximum atomic E-state index is 12.9. The van der Waals surface area contributed by atoms with E-state index in [2.05, 4.69) is 15.8 Å². The lowest BCUT2D eigenvalue weighted by Crippen LogP contribution is -2.48. The highest BCUT2D eigenvalue weighted by molar-refractivity contribution is 7.89. The van der Waals surface area contributed by atoms with Crippen LogP contribution in [0, 0.1) is 0 Å². The van der Waals surface area contributed by atoms with E-state index in [9.17, 15) is 13.2 Å². The van der Waals surface area contributed by atoms with Gasteiger partial charge in [0.2, 0.25) is 15.2 Å². The summed E-state index contributed by atoms with van der Waals surface area (Å²) in [6.07, 6.45) is -0.346. The molecule has 1 aliphatic heterocycles. The van der Waals surface area contributed by atoms with Gasteiger partial charge in [0.25, 0.3) is 5.91 Å². The Morgan fingerprint density at radius 1 is 1.16 bits per heavy atom. The van der Waals surface area contributed by atoms with Gasteiger partial charge in [0, 0.05) is 23.7 Å². The number of nitrogens with one attached hydrogen (secondary N) is 2. The van der Waals surface area contributed by atoms with Gasteiger partial charge in [-0.3, -0.25) is 15.6 Å². The first-order valence-corrected chi connectivity index (χ1v) is 12.2. The molecule has 0 bridgehead atoms. The van der Waals surface area contributed by atoms with Crippen LogP contribution in [0.4, 0.5) is 5.13 Å². The van der Waals surface area contributed by atoms with Crippen molar-refractivity contribution < 1.29 is 17.9 Å². The van der Waals surface area contributed by atoms with Crippen LogP contribution in [-0.2, 0) is 14.8 Å². The first-order valence-electron chi connectivity index (χ1n) is 9.60. The highest BCUT2D eigenvalue weighted by atomic mass is 35.5. The van der Waals surface area contributed by atoms with E-state index in [1.165, 1.54) is 39.9 Å². The van der Waals surface area contributed by atoms with E-state index in [1.807, 2.05) is 13.8 Å². The molecule has 0 aliphatic carbocycles. The SMILES string of the molecule is C[C@@H]1CN(S(=O)(=O)c2ccc(C(=O)NNc3nc4ccc(Cl)cc4s3)cc2)C[C@@H](C)O1. The Morgan fingerprint density at radius 3 is 2.52 bits per heavy atom. The molecule has 4 rings (SSSR count). The van der Waals surface area contributed by atoms with Gasteiger partial charge in [-0.05, 0) is 56.3 Å². The molecule has 31 heavy (non-hydrogen) atoms. The molecular weight excluding hydrogens is 460 g/mol. The fourth-order valence-corrected chi connectivity index (χ4v) is 6.07. The van der Waals surface area contributed by atoms with E-state index in [0.717, 1.165) is 10.2 Å². The predicted octanol–water partition coefficient (Wildman–Crippen LogP) is 3.50. The lowest BCUT2D eigenvalue weighted by Gasteiger charge is -2.34. The Morgan fingerprint density at radius 2 is 1.84 bits per heavy atom. The third kappa shape index (κ3) is 4.83. The molecule has 164 valence electrons. The molecule has 1 amide bonds. The lowest BCUT2D eigenvalue weighted by atomic mass is 10.2. The average Bonchev–Trinajstić information content (AvgIpc) is 3.13. The number of rotatable bonds is 5. The van der Waals surface area contributed by atoms with Crippen molar-refractivity contribution >= 4 is 54.2 Å². The molecule has 0 unspecified atom stereocenters. The van der Waals surface area contributed by atoms with Gasteiger partial charge in [0.1, 0.15) is 0 Å². The van der Waals surface area contributed by atoms with Crippen molar-refractivity contribution in [3.63, 3.8) is 0 Å². The Bertz CT molecular complexity index is 1200. The monoisotopic (exact) mass is 480 g/mol. The van der Waals surface area contributed by atoms with E-state index in [4.69, 9.17) is 16.3 Å². The summed E-state index contributed by atoms with van der Waals surface area (Å²) in [5.74, 6) is -0.408. The fraction of sp³-hybridized carbons (Fsp3) is 0.300. The van der Waals surface area contributed by atoms with Gasteiger partial charge < -0.3 is 4.74 Å². The van der Waals surface area contributed by atoms with Gasteiger partial charge in [-0.2, -0.15) is 4.31 Å². The number of halogens is 1. The molecule has 8 nitrogen and oxygen atoms in total. The standard InChI is InChI=1S/C20H21ClN4O4S2/c1-12-10-25(11-13(2)29-12)31(27,28)16-6-3-14(4-7-16)19(26)23-24-20-22-17-8-5-15(21)9-18(17)30-20/h3-9,12-13H,10-11H2,1-2H3,(H,22,24)(H,23,26)/t12-,13-/m1/s1. The zero-order chi connectivity index (χ0) is 22.2. The van der Waals surface area contributed by atoms with E-state index >= 15 is 0 Å². The molecule has 1 saturated heterocycles. The molecule has 0 radical (unpaired) electrons. The van der Waals surface area contributed by atoms with Crippen molar-refractivity contribution in [2.45, 2.75) is 31.0 Å². The third-order valence-electron chi connectivity index (χ3n) is 4.77. The summed E-state index contributed by atoms with van der Waals surface area (Å²) < 4.78 is 33.8. The topological polar surface area (TPSA) is 101 Å². The Kier molecular flexibility index (Phi) is 6.18. The van der Waals surface area contributed by atoms with Crippen molar-refractivity contribution in [1.82, 2.24) is 14.7 Å². The Balaban J connectivity index is 1.42. The van der Waals surface area contributed by atoms with Crippen molar-refractivity contribution in [3.8, 4) is 0 Å². The molecule has 0 spiro atoms. The summed E-state index contributed by atoms with van der Waals surface area (Å²) in [6, 6.07) is 11.2. The van der Waals surface area contributed by atoms with Gasteiger partial charge in [0.05, 0.1) is 27.3 Å². The van der Waals surface area contributed by atoms with Crippen molar-refractivity contribution in [2.75, 3.05) is 18.5 Å². The minimum absolute atomic E-state index is 0.140. The van der Waals surface area contributed by atoms with E-state index < -0.39 is 15.9 Å². The number of ether oxygens (including phenoxy) is 1. The maximum Gasteiger partial charge on any atom is 0.269 e. The number of hydrogen-bond acceptors (Lipinski definition) is 7. The van der Waals surface area contributed by atoms with E-state index in [1.54, 1.807) is 18.2 Å². The van der Waals surface area contributed by atoms with Crippen LogP contribution >= 0.6 is 22.9 Å². The second kappa shape index (κ2) is 8.71. The molecule has 3 aromatic rings. The molecule has 1 fully saturated rings. The number of carbonyl (C=O) groups excluding carboxylic acids is 1. The van der Waals surface area contributed by atoms with Gasteiger partial charge in [0.15, 0.2) is 0 Å². The van der Waals surface area contributed by atoms with Crippen LogP contribution in [0.5, 0.6) is 0 Å². The van der Waals surface area contributed by atoms with Crippen LogP contribution in [0.3, 0.4) is 0 Å². The van der Waals surface area contributed by atoms with Crippen LogP contribution < -0.4 is 10.9 Å². The molecular formula is C20H21ClN4O4S2. The van der Waals surface area contributed by atoms with Gasteiger partial charge >= 0.3 is 0 Å². The molecule has 2 atom stereocenters. The average molecular weight is 481 g/mol. The molecule has 1 aliphatic rings. The first kappa shape index (κ1) is 22.0. The van der Waals surface area contributed by atoms with Crippen LogP contribution in [0.1, 0.15) is 24.2 Å². The van der Waals surface area contributed by atoms with Crippen molar-refractivity contribution in [1.29, 1.82) is 0 Å². The van der Waals surface area contributed by atoms with Gasteiger partial charge in [-0.1, -0.05) is 22.9 Å². The fourth-order valence-electron chi connectivity index (χ4n) is 3.39. The summed E-state index contributed by atoms with van der Waals surface area (Å²) in [5.41, 5.74) is 6.45. The number of benzene rings is 2. The highest BCUT2D eigenvalue weighted by Gasteiger charge is 2.32. The number of fused-ring (bicyclic) bond motifs is 1. The van der Waals surface area contributed by atoms with E-state index in [0.29, 0.717) is 28.8 Å². The number of amides is 1. The van der Waals surface area contributed by atoms with Gasteiger partial charge in [-0.15, -0.1) is 0 Å². The van der Waals surface area contributed by atoms with Crippen LogP contribution in [0.2, 0.25) is 5.02 Å². The number of morpholine rings is 1. The number of hydrazine groups is 1. The third-order valence-corrected chi connectivity index (χ3v) is 7.79. The molecule has 11 heteroatoms. The summed E-state index contributed by atoms with van der Waals surface area (Å²) in [6.45, 7) is 4.29. The summed E-state index contributed by atoms with van der Waals surface area (Å²) >= 11 is 7.33. The second-order valence-corrected chi connectivity index (χ2v) is 10.7. The smallest absolute Gasteiger partial charge is 0.269 e. The number of hydrogen-bond donors (Lipinski definition) is 2. The van der Waals surface area contributed by atoms with Crippen LogP contribution in [0.25, 0.3) is 10.2 Å². The molecule has 0 saturated carbocycles. The molecule has 2 aromatic carbocycles. The molecule has 2 N–H and O–H groups in total. The number of aromatic nitrogens is 1. The van der Waals surface area contributed by atoms with Gasteiger partial charge in [-0.25, -0.2) is 13.4 Å². The van der Waals surface area contributed by atoms with Crippen molar-refractivity contribution in [2.24, 2.45) is 0 Å². The summed E-state index contributed by atoms with van der Waals surface area (Å²) in [4.78, 5) is 17.0. The van der Waals surface area contributed by atoms with Crippen LogP contribution in [0.15, 0.2) is 47.4 Å². The second-order valence-electron chi connectivity index (χ2n) is 7.31. The highest BCUT2D eigenvalue weighted by Crippen LogP contribution is 2.28. The normalized spacial score (nSPS) is 20.0. The summed E-state index contributed by atoms with van der Waals surface area (Å²) in [5, 5.41) is 1.13. The predicted molar refractivity (Wildman–Crippen MR) is 121 cm³/mol. The number of sulfonamides is 1. The maximum absolute atomic E-state index is 12.9. The largest absolute Gasteiger partial charge is 0.373 e. The van der Waals surface area contributed by atoms with Crippen LogP contribution in [-0.4, -0.2) is 48.9 Å². The zero-order valence-electron chi connectivity index (χ0n) is 16.8. The minimum atomic E-state index is -3.66. The quantitative estimate of drug-likeness (QED) is 0.542. The van der Waals surface area contributed by atoms with Crippen molar-refractivity contribution in [3.05, 3.63) is 53.1 Å². The minimum Gasteiger partial charge on any atom is -0.373 e. The lowest BCUT2D eigenvalue weighted by molar-refractivity contribution is -0.0440. The summed E-state index contributed by atoms with van der Waals surface area (Å²) in [7, 11) is -3.66. The number of nitrogens with zero attached hydrogens (tertiary/aromatic N) is 2. The molecule has 2 heterocycles. The first-order chi connectivity index (χ1) is 14.7. The van der Waals surface area contributed by atoms with E-state index in [-0.39, 0.29) is 17.1 Å². The zero-order valence-corrected chi connectivity index (χ0v) is 19.2. The number of thiazole rings is 1. The number of carbonyl (C=O) groups is 1. The number of anilines is 1.